The predicted octanol–water partition coefficient (Wildman–Crippen LogP) is 6.21. The summed E-state index contributed by atoms with van der Waals surface area (Å²) < 4.78 is 0. The Morgan fingerprint density at radius 1 is 0.923 bits per heavy atom. The fourth-order valence-corrected chi connectivity index (χ4v) is 2.29. The molecule has 0 saturated carbocycles. The molecule has 0 atom stereocenters. The zero-order valence-electron chi connectivity index (χ0n) is 15.9. The molecule has 0 aliphatic heterocycles. The van der Waals surface area contributed by atoms with Gasteiger partial charge in [-0.15, -0.1) is 0 Å². The zero-order chi connectivity index (χ0) is 19.5. The molecule has 0 aromatic carbocycles. The molecule has 1 N–H and O–H groups in total. The molecular formula is C21H33NO4. The second kappa shape index (κ2) is 17.6. The highest BCUT2D eigenvalue weighted by molar-refractivity contribution is 5.66. The molecule has 146 valence electrons. The van der Waals surface area contributed by atoms with E-state index in [1.54, 1.807) is 6.08 Å². The van der Waals surface area contributed by atoms with Gasteiger partial charge in [-0.25, -0.2) is 0 Å². The Morgan fingerprint density at radius 2 is 1.54 bits per heavy atom. The first-order valence-electron chi connectivity index (χ1n) is 9.58. The summed E-state index contributed by atoms with van der Waals surface area (Å²) in [7, 11) is 0. The molecule has 5 heteroatoms. The van der Waals surface area contributed by atoms with Gasteiger partial charge in [-0.05, 0) is 51.0 Å². The van der Waals surface area contributed by atoms with E-state index in [4.69, 9.17) is 5.11 Å². The van der Waals surface area contributed by atoms with Crippen LogP contribution in [-0.4, -0.2) is 16.0 Å². The van der Waals surface area contributed by atoms with E-state index < -0.39 is 5.97 Å². The summed E-state index contributed by atoms with van der Waals surface area (Å²) in [6, 6.07) is 0. The number of nitro groups is 1. The highest BCUT2D eigenvalue weighted by atomic mass is 16.6. The van der Waals surface area contributed by atoms with Crippen LogP contribution in [0.15, 0.2) is 48.2 Å². The van der Waals surface area contributed by atoms with Crippen molar-refractivity contribution in [2.45, 2.75) is 77.6 Å². The van der Waals surface area contributed by atoms with Gasteiger partial charge in [0.2, 0.25) is 5.70 Å². The maximum absolute atomic E-state index is 11.0. The van der Waals surface area contributed by atoms with Crippen LogP contribution in [0.3, 0.4) is 0 Å². The Hall–Kier alpha value is -2.17. The number of carboxylic acid groups (broad SMARTS) is 1. The molecule has 0 saturated heterocycles. The van der Waals surface area contributed by atoms with Gasteiger partial charge in [0.25, 0.3) is 0 Å². The molecule has 0 spiro atoms. The number of rotatable bonds is 16. The van der Waals surface area contributed by atoms with Crippen molar-refractivity contribution in [2.75, 3.05) is 0 Å². The summed E-state index contributed by atoms with van der Waals surface area (Å²) in [5, 5.41) is 19.6. The van der Waals surface area contributed by atoms with Gasteiger partial charge < -0.3 is 5.11 Å². The summed E-state index contributed by atoms with van der Waals surface area (Å²) in [5.74, 6) is -0.771. The SMILES string of the molecule is CCCCC/C=C\C/C=C\C/C(=C/C/C=C\CCCCC(=O)O)[N+](=O)[O-]. The van der Waals surface area contributed by atoms with Gasteiger partial charge in [0.05, 0.1) is 11.3 Å². The molecule has 0 fully saturated rings. The van der Waals surface area contributed by atoms with E-state index in [1.165, 1.54) is 19.3 Å². The zero-order valence-corrected chi connectivity index (χ0v) is 15.9. The van der Waals surface area contributed by atoms with Crippen LogP contribution in [0.1, 0.15) is 77.6 Å². The van der Waals surface area contributed by atoms with Crippen molar-refractivity contribution in [3.63, 3.8) is 0 Å². The fourth-order valence-electron chi connectivity index (χ4n) is 2.29. The summed E-state index contributed by atoms with van der Waals surface area (Å²) in [4.78, 5) is 21.1. The molecule has 5 nitrogen and oxygen atoms in total. The molecule has 0 rings (SSSR count). The van der Waals surface area contributed by atoms with Gasteiger partial charge in [-0.2, -0.15) is 0 Å². The van der Waals surface area contributed by atoms with Crippen LogP contribution in [0.2, 0.25) is 0 Å². The van der Waals surface area contributed by atoms with Crippen molar-refractivity contribution < 1.29 is 14.8 Å². The third-order valence-electron chi connectivity index (χ3n) is 3.81. The lowest BCUT2D eigenvalue weighted by atomic mass is 10.1. The molecule has 0 aromatic heterocycles. The minimum Gasteiger partial charge on any atom is -0.481 e. The molecule has 0 amide bonds. The Morgan fingerprint density at radius 3 is 2.15 bits per heavy atom. The fraction of sp³-hybridized carbons (Fsp3) is 0.571. The number of hydrogen-bond acceptors (Lipinski definition) is 3. The molecule has 0 aliphatic carbocycles. The number of aliphatic carboxylic acids is 1. The lowest BCUT2D eigenvalue weighted by Crippen LogP contribution is -1.97. The van der Waals surface area contributed by atoms with Crippen LogP contribution < -0.4 is 0 Å². The Labute approximate surface area is 157 Å². The molecule has 0 unspecified atom stereocenters. The second-order valence-corrected chi connectivity index (χ2v) is 6.18. The van der Waals surface area contributed by atoms with Crippen molar-refractivity contribution in [1.82, 2.24) is 0 Å². The van der Waals surface area contributed by atoms with Gasteiger partial charge in [0.15, 0.2) is 0 Å². The number of allylic oxidation sites excluding steroid dienone is 7. The van der Waals surface area contributed by atoms with Crippen LogP contribution >= 0.6 is 0 Å². The Bertz CT molecular complexity index is 504. The number of nitrogens with zero attached hydrogens (tertiary/aromatic N) is 1. The summed E-state index contributed by atoms with van der Waals surface area (Å²) in [6.07, 6.45) is 22.5. The average Bonchev–Trinajstić information content (AvgIpc) is 2.60. The van der Waals surface area contributed by atoms with Gasteiger partial charge >= 0.3 is 5.97 Å². The van der Waals surface area contributed by atoms with E-state index in [-0.39, 0.29) is 17.0 Å². The monoisotopic (exact) mass is 363 g/mol. The highest BCUT2D eigenvalue weighted by Crippen LogP contribution is 2.07. The minimum absolute atomic E-state index is 0.194. The standard InChI is InChI=1S/C21H33NO4/c1-2-3-4-5-6-7-8-11-14-17-20(22(25)26)18-15-12-9-10-13-16-19-21(23)24/h6-7,9,11-12,14,18H,2-5,8,10,13,15-17,19H2,1H3,(H,23,24)/b7-6-,12-9-,14-11-,20-18-. The van der Waals surface area contributed by atoms with Gasteiger partial charge in [-0.1, -0.05) is 56.2 Å². The predicted molar refractivity (Wildman–Crippen MR) is 107 cm³/mol. The molecular weight excluding hydrogens is 330 g/mol. The maximum atomic E-state index is 11.0. The van der Waals surface area contributed by atoms with E-state index >= 15 is 0 Å². The average molecular weight is 363 g/mol. The van der Waals surface area contributed by atoms with E-state index in [9.17, 15) is 14.9 Å². The molecule has 0 bridgehead atoms. The van der Waals surface area contributed by atoms with Gasteiger partial charge in [0.1, 0.15) is 0 Å². The van der Waals surface area contributed by atoms with Crippen LogP contribution in [-0.2, 0) is 4.79 Å². The van der Waals surface area contributed by atoms with Crippen molar-refractivity contribution in [3.05, 3.63) is 58.3 Å². The van der Waals surface area contributed by atoms with Crippen molar-refractivity contribution >= 4 is 5.97 Å². The number of carbonyl (C=O) groups is 1. The second-order valence-electron chi connectivity index (χ2n) is 6.18. The van der Waals surface area contributed by atoms with Gasteiger partial charge in [-0.3, -0.25) is 14.9 Å². The largest absolute Gasteiger partial charge is 0.481 e. The van der Waals surface area contributed by atoms with Crippen molar-refractivity contribution in [3.8, 4) is 0 Å². The lowest BCUT2D eigenvalue weighted by molar-refractivity contribution is -0.427. The topological polar surface area (TPSA) is 80.4 Å². The first-order chi connectivity index (χ1) is 12.6. The molecule has 0 aliphatic rings. The molecule has 0 heterocycles. The quantitative estimate of drug-likeness (QED) is 0.153. The van der Waals surface area contributed by atoms with Gasteiger partial charge in [0, 0.05) is 6.42 Å². The summed E-state index contributed by atoms with van der Waals surface area (Å²) in [6.45, 7) is 2.19. The van der Waals surface area contributed by atoms with Crippen LogP contribution in [0, 0.1) is 10.1 Å². The summed E-state index contributed by atoms with van der Waals surface area (Å²) >= 11 is 0. The lowest BCUT2D eigenvalue weighted by Gasteiger charge is -1.94. The third kappa shape index (κ3) is 16.7. The van der Waals surface area contributed by atoms with Crippen LogP contribution in [0.5, 0.6) is 0 Å². The first kappa shape index (κ1) is 23.8. The molecule has 0 radical (unpaired) electrons. The number of hydrogen-bond donors (Lipinski definition) is 1. The van der Waals surface area contributed by atoms with E-state index in [0.717, 1.165) is 25.7 Å². The first-order valence-corrected chi connectivity index (χ1v) is 9.58. The van der Waals surface area contributed by atoms with E-state index in [1.807, 2.05) is 24.3 Å². The van der Waals surface area contributed by atoms with Crippen LogP contribution in [0.25, 0.3) is 0 Å². The number of unbranched alkanes of at least 4 members (excludes halogenated alkanes) is 5. The van der Waals surface area contributed by atoms with Crippen LogP contribution in [0.4, 0.5) is 0 Å². The number of carboxylic acids is 1. The van der Waals surface area contributed by atoms with E-state index in [2.05, 4.69) is 19.1 Å². The highest BCUT2D eigenvalue weighted by Gasteiger charge is 2.06. The van der Waals surface area contributed by atoms with Crippen molar-refractivity contribution in [1.29, 1.82) is 0 Å². The molecule has 26 heavy (non-hydrogen) atoms. The van der Waals surface area contributed by atoms with Crippen molar-refractivity contribution in [2.24, 2.45) is 0 Å². The third-order valence-corrected chi connectivity index (χ3v) is 3.81. The summed E-state index contributed by atoms with van der Waals surface area (Å²) in [5.41, 5.74) is 0.212. The van der Waals surface area contributed by atoms with E-state index in [0.29, 0.717) is 19.3 Å². The normalized spacial score (nSPS) is 12.6. The maximum Gasteiger partial charge on any atom is 0.303 e. The Kier molecular flexibility index (Phi) is 16.2. The smallest absolute Gasteiger partial charge is 0.303 e. The minimum atomic E-state index is -0.771. The Balaban J connectivity index is 4.00. The molecule has 0 aromatic rings.